The van der Waals surface area contributed by atoms with Gasteiger partial charge in [-0.25, -0.2) is 9.97 Å². The fourth-order valence-electron chi connectivity index (χ4n) is 9.21. The molecule has 0 fully saturated rings. The summed E-state index contributed by atoms with van der Waals surface area (Å²) in [5, 5.41) is 1.17. The predicted molar refractivity (Wildman–Crippen MR) is 234 cm³/mol. The van der Waals surface area contributed by atoms with E-state index in [0.29, 0.717) is 0 Å². The minimum Gasteiger partial charge on any atom is -0.457 e. The molecule has 3 nitrogen and oxygen atoms in total. The third-order valence-corrected chi connectivity index (χ3v) is 13.0. The molecular formula is C53H32N2OS. The summed E-state index contributed by atoms with van der Waals surface area (Å²) < 4.78 is 8.87. The molecule has 0 amide bonds. The van der Waals surface area contributed by atoms with Crippen LogP contribution in [0.2, 0.25) is 0 Å². The summed E-state index contributed by atoms with van der Waals surface area (Å²) in [5.74, 6) is 2.56. The van der Waals surface area contributed by atoms with Gasteiger partial charge >= 0.3 is 0 Å². The monoisotopic (exact) mass is 744 g/mol. The van der Waals surface area contributed by atoms with Gasteiger partial charge in [0.2, 0.25) is 0 Å². The van der Waals surface area contributed by atoms with Crippen molar-refractivity contribution >= 4 is 31.6 Å². The van der Waals surface area contributed by atoms with E-state index in [1.165, 1.54) is 60.2 Å². The fourth-order valence-corrected chi connectivity index (χ4v) is 10.4. The summed E-state index contributed by atoms with van der Waals surface area (Å²) in [6.45, 7) is 0. The van der Waals surface area contributed by atoms with Gasteiger partial charge in [-0.15, -0.1) is 11.3 Å². The van der Waals surface area contributed by atoms with Crippen molar-refractivity contribution in [1.82, 2.24) is 9.97 Å². The Balaban J connectivity index is 0.927. The Morgan fingerprint density at radius 3 is 1.67 bits per heavy atom. The van der Waals surface area contributed by atoms with Crippen LogP contribution in [0.15, 0.2) is 194 Å². The summed E-state index contributed by atoms with van der Waals surface area (Å²) in [5.41, 5.74) is 15.8. The van der Waals surface area contributed by atoms with Gasteiger partial charge < -0.3 is 4.74 Å². The van der Waals surface area contributed by atoms with Crippen LogP contribution in [0.4, 0.5) is 0 Å². The van der Waals surface area contributed by atoms with Gasteiger partial charge in [0.25, 0.3) is 0 Å². The lowest BCUT2D eigenvalue weighted by atomic mass is 9.66. The molecule has 0 bridgehead atoms. The van der Waals surface area contributed by atoms with Crippen molar-refractivity contribution in [3.05, 3.63) is 216 Å². The molecule has 0 N–H and O–H groups in total. The van der Waals surface area contributed by atoms with Crippen LogP contribution in [0.3, 0.4) is 0 Å². The molecule has 0 radical (unpaired) electrons. The van der Waals surface area contributed by atoms with Crippen LogP contribution in [-0.4, -0.2) is 9.97 Å². The molecule has 4 heteroatoms. The Kier molecular flexibility index (Phi) is 7.01. The van der Waals surface area contributed by atoms with Gasteiger partial charge in [-0.05, 0) is 68.8 Å². The maximum Gasteiger partial charge on any atom is 0.160 e. The highest BCUT2D eigenvalue weighted by atomic mass is 32.1. The number of fused-ring (bicyclic) bond motifs is 12. The Morgan fingerprint density at radius 1 is 0.404 bits per heavy atom. The summed E-state index contributed by atoms with van der Waals surface area (Å²) in [4.78, 5) is 10.3. The first-order chi connectivity index (χ1) is 28.2. The molecule has 1 aliphatic heterocycles. The Morgan fingerprint density at radius 2 is 0.947 bits per heavy atom. The maximum absolute atomic E-state index is 6.55. The second kappa shape index (κ2) is 12.4. The lowest BCUT2D eigenvalue weighted by Gasteiger charge is -2.39. The fraction of sp³-hybridized carbons (Fsp3) is 0.0189. The van der Waals surface area contributed by atoms with Crippen molar-refractivity contribution in [1.29, 1.82) is 0 Å². The van der Waals surface area contributed by atoms with Crippen molar-refractivity contribution in [3.63, 3.8) is 0 Å². The first-order valence-corrected chi connectivity index (χ1v) is 20.1. The van der Waals surface area contributed by atoms with Gasteiger partial charge in [0.1, 0.15) is 11.5 Å². The van der Waals surface area contributed by atoms with Gasteiger partial charge in [0.15, 0.2) is 5.82 Å². The number of para-hydroxylation sites is 2. The molecule has 2 aromatic heterocycles. The molecule has 8 aromatic carbocycles. The molecule has 12 rings (SSSR count). The van der Waals surface area contributed by atoms with E-state index in [0.717, 1.165) is 49.9 Å². The molecule has 0 atom stereocenters. The third kappa shape index (κ3) is 4.78. The Labute approximate surface area is 334 Å². The molecule has 2 aliphatic rings. The number of rotatable bonds is 4. The SMILES string of the molecule is c1ccc(-c2nc(-c3ccc(-c4ccc(-c5ccc6c(c5)C5(c7ccccc7Oc7ccccc75)c5ccccc5-6)cc4)cc3)c3sc4ccccc4c3n2)cc1. The zero-order chi connectivity index (χ0) is 37.5. The molecule has 10 aromatic rings. The summed E-state index contributed by atoms with van der Waals surface area (Å²) in [6.07, 6.45) is 0. The number of benzene rings is 8. The Bertz CT molecular complexity index is 3160. The minimum atomic E-state index is -0.484. The zero-order valence-electron chi connectivity index (χ0n) is 30.7. The number of hydrogen-bond donors (Lipinski definition) is 0. The van der Waals surface area contributed by atoms with Crippen molar-refractivity contribution < 1.29 is 4.74 Å². The molecule has 0 saturated heterocycles. The summed E-state index contributed by atoms with van der Waals surface area (Å²) in [6, 6.07) is 69.5. The minimum absolute atomic E-state index is 0.484. The average Bonchev–Trinajstić information content (AvgIpc) is 3.80. The van der Waals surface area contributed by atoms with Gasteiger partial charge in [-0.2, -0.15) is 0 Å². The number of thiophene rings is 1. The highest BCUT2D eigenvalue weighted by molar-refractivity contribution is 7.26. The smallest absolute Gasteiger partial charge is 0.160 e. The van der Waals surface area contributed by atoms with E-state index in [-0.39, 0.29) is 0 Å². The van der Waals surface area contributed by atoms with E-state index in [9.17, 15) is 0 Å². The van der Waals surface area contributed by atoms with E-state index in [1.807, 2.05) is 18.2 Å². The van der Waals surface area contributed by atoms with E-state index < -0.39 is 5.41 Å². The molecule has 1 spiro atoms. The standard InChI is InChI=1S/C53H32N2OS/c1-2-12-37(13-3-1)52-54-49(51-50(55-52)41-15-5-11-21-48(41)57-51)36-28-26-34(27-29-36)33-22-24-35(25-23-33)38-30-31-40-39-14-4-6-16-42(39)53(45(40)32-38)43-17-7-9-19-46(43)56-47-20-10-8-18-44(47)53/h1-32H. The molecule has 266 valence electrons. The molecule has 1 aliphatic carbocycles. The van der Waals surface area contributed by atoms with Crippen LogP contribution in [0, 0.1) is 0 Å². The van der Waals surface area contributed by atoms with Crippen LogP contribution >= 0.6 is 11.3 Å². The Hall–Kier alpha value is -7.14. The predicted octanol–water partition coefficient (Wildman–Crippen LogP) is 14.0. The second-order valence-corrected chi connectivity index (χ2v) is 15.9. The first kappa shape index (κ1) is 32.1. The highest BCUT2D eigenvalue weighted by Crippen LogP contribution is 2.62. The number of hydrogen-bond acceptors (Lipinski definition) is 4. The van der Waals surface area contributed by atoms with Crippen molar-refractivity contribution in [3.8, 4) is 67.5 Å². The third-order valence-electron chi connectivity index (χ3n) is 11.8. The van der Waals surface area contributed by atoms with Crippen LogP contribution < -0.4 is 4.74 Å². The number of aromatic nitrogens is 2. The van der Waals surface area contributed by atoms with Gasteiger partial charge in [0, 0.05) is 32.3 Å². The van der Waals surface area contributed by atoms with E-state index in [4.69, 9.17) is 14.7 Å². The molecule has 0 saturated carbocycles. The first-order valence-electron chi connectivity index (χ1n) is 19.3. The lowest BCUT2D eigenvalue weighted by Crippen LogP contribution is -2.32. The summed E-state index contributed by atoms with van der Waals surface area (Å²) in [7, 11) is 0. The van der Waals surface area contributed by atoms with E-state index in [2.05, 4.69) is 176 Å². The maximum atomic E-state index is 6.55. The normalized spacial score (nSPS) is 13.2. The lowest BCUT2D eigenvalue weighted by molar-refractivity contribution is 0.436. The van der Waals surface area contributed by atoms with E-state index >= 15 is 0 Å². The quantitative estimate of drug-likeness (QED) is 0.180. The molecule has 57 heavy (non-hydrogen) atoms. The average molecular weight is 745 g/mol. The highest BCUT2D eigenvalue weighted by Gasteiger charge is 2.51. The van der Waals surface area contributed by atoms with Gasteiger partial charge in [-0.1, -0.05) is 170 Å². The van der Waals surface area contributed by atoms with Crippen molar-refractivity contribution in [2.45, 2.75) is 5.41 Å². The topological polar surface area (TPSA) is 35.0 Å². The molecular weight excluding hydrogens is 713 g/mol. The van der Waals surface area contributed by atoms with Gasteiger partial charge in [0.05, 0.1) is 21.3 Å². The summed E-state index contributed by atoms with van der Waals surface area (Å²) >= 11 is 1.76. The number of nitrogens with zero attached hydrogens (tertiary/aromatic N) is 2. The number of ether oxygens (including phenoxy) is 1. The van der Waals surface area contributed by atoms with Crippen molar-refractivity contribution in [2.75, 3.05) is 0 Å². The van der Waals surface area contributed by atoms with Crippen LogP contribution in [0.1, 0.15) is 22.3 Å². The largest absolute Gasteiger partial charge is 0.457 e. The second-order valence-electron chi connectivity index (χ2n) is 14.8. The van der Waals surface area contributed by atoms with E-state index in [1.54, 1.807) is 11.3 Å². The molecule has 3 heterocycles. The van der Waals surface area contributed by atoms with Crippen molar-refractivity contribution in [2.24, 2.45) is 0 Å². The van der Waals surface area contributed by atoms with Crippen LogP contribution in [0.5, 0.6) is 11.5 Å². The van der Waals surface area contributed by atoms with Crippen LogP contribution in [-0.2, 0) is 5.41 Å². The molecule has 0 unspecified atom stereocenters. The van der Waals surface area contributed by atoms with Crippen LogP contribution in [0.25, 0.3) is 76.3 Å². The zero-order valence-corrected chi connectivity index (χ0v) is 31.5. The van der Waals surface area contributed by atoms with Gasteiger partial charge in [-0.3, -0.25) is 0 Å².